The molecule has 0 N–H and O–H groups in total. The highest BCUT2D eigenvalue weighted by atomic mass is 16.1. The van der Waals surface area contributed by atoms with E-state index in [0.717, 1.165) is 12.5 Å². The van der Waals surface area contributed by atoms with Gasteiger partial charge in [-0.1, -0.05) is 30.3 Å². The van der Waals surface area contributed by atoms with Crippen molar-refractivity contribution < 1.29 is 4.79 Å². The van der Waals surface area contributed by atoms with E-state index in [1.54, 1.807) is 0 Å². The molecule has 0 bridgehead atoms. The maximum absolute atomic E-state index is 12.2. The van der Waals surface area contributed by atoms with E-state index in [2.05, 4.69) is 24.0 Å². The van der Waals surface area contributed by atoms with Gasteiger partial charge in [0.15, 0.2) is 5.78 Å². The Morgan fingerprint density at radius 1 is 1.17 bits per heavy atom. The largest absolute Gasteiger partial charge is 0.297 e. The van der Waals surface area contributed by atoms with Gasteiger partial charge in [-0.3, -0.25) is 9.69 Å². The quantitative estimate of drug-likeness (QED) is 0.750. The van der Waals surface area contributed by atoms with Crippen LogP contribution in [0, 0.1) is 31.6 Å². The molecule has 2 heteroatoms. The highest BCUT2D eigenvalue weighted by Crippen LogP contribution is 2.36. The fourth-order valence-electron chi connectivity index (χ4n) is 2.52. The van der Waals surface area contributed by atoms with Crippen molar-refractivity contribution in [1.29, 1.82) is 0 Å². The summed E-state index contributed by atoms with van der Waals surface area (Å²) in [5.41, 5.74) is 1.27. The fraction of sp³-hybridized carbons (Fsp3) is 0.250. The van der Waals surface area contributed by atoms with Crippen molar-refractivity contribution in [1.82, 2.24) is 4.90 Å². The number of carbonyl (C=O) groups is 1. The van der Waals surface area contributed by atoms with Gasteiger partial charge >= 0.3 is 0 Å². The van der Waals surface area contributed by atoms with Crippen molar-refractivity contribution >= 4 is 5.78 Å². The second kappa shape index (κ2) is 4.85. The molecule has 1 aliphatic carbocycles. The van der Waals surface area contributed by atoms with Crippen LogP contribution in [0.5, 0.6) is 0 Å². The third-order valence-corrected chi connectivity index (χ3v) is 3.67. The summed E-state index contributed by atoms with van der Waals surface area (Å²) >= 11 is 0. The maximum Gasteiger partial charge on any atom is 0.159 e. The van der Waals surface area contributed by atoms with Gasteiger partial charge in [0.25, 0.3) is 0 Å². The number of benzene rings is 1. The van der Waals surface area contributed by atoms with Gasteiger partial charge in [-0.15, -0.1) is 0 Å². The number of hydrogen-bond donors (Lipinski definition) is 0. The lowest BCUT2D eigenvalue weighted by Crippen LogP contribution is -2.20. The molecule has 1 aliphatic heterocycles. The van der Waals surface area contributed by atoms with Gasteiger partial charge in [-0.05, 0) is 38.2 Å². The predicted molar refractivity (Wildman–Crippen MR) is 70.7 cm³/mol. The van der Waals surface area contributed by atoms with Crippen molar-refractivity contribution in [3.8, 4) is 0 Å². The normalized spacial score (nSPS) is 31.5. The third-order valence-electron chi connectivity index (χ3n) is 3.67. The lowest BCUT2D eigenvalue weighted by Gasteiger charge is -2.07. The van der Waals surface area contributed by atoms with Gasteiger partial charge in [0, 0.05) is 12.6 Å². The first-order valence-electron chi connectivity index (χ1n) is 6.33. The van der Waals surface area contributed by atoms with Crippen LogP contribution in [-0.2, 0) is 11.3 Å². The Bertz CT molecular complexity index is 422. The molecule has 1 heterocycles. The molecule has 2 nitrogen and oxygen atoms in total. The monoisotopic (exact) mass is 238 g/mol. The maximum atomic E-state index is 12.2. The number of ketones is 1. The zero-order valence-electron chi connectivity index (χ0n) is 10.4. The van der Waals surface area contributed by atoms with Gasteiger partial charge in [0.05, 0.1) is 12.0 Å². The van der Waals surface area contributed by atoms with Crippen LogP contribution in [0.2, 0.25) is 0 Å². The number of Topliss-reactive ketones (excluding diaryl/α,β-unsaturated/α-hetero) is 1. The molecule has 1 unspecified atom stereocenters. The van der Waals surface area contributed by atoms with Crippen LogP contribution >= 0.6 is 0 Å². The van der Waals surface area contributed by atoms with Crippen molar-refractivity contribution in [3.05, 3.63) is 67.5 Å². The lowest BCUT2D eigenvalue weighted by atomic mass is 9.99. The van der Waals surface area contributed by atoms with E-state index in [1.165, 1.54) is 5.56 Å². The van der Waals surface area contributed by atoms with Crippen molar-refractivity contribution in [2.45, 2.75) is 25.6 Å². The molecule has 0 aromatic heterocycles. The Kier molecular flexibility index (Phi) is 3.21. The molecule has 3 atom stereocenters. The van der Waals surface area contributed by atoms with E-state index in [1.807, 2.05) is 43.9 Å². The lowest BCUT2D eigenvalue weighted by molar-refractivity contribution is -0.117. The Hall–Kier alpha value is -1.15. The summed E-state index contributed by atoms with van der Waals surface area (Å²) in [6, 6.07) is 10.7. The number of carbonyl (C=O) groups excluding carboxylic acids is 1. The second-order valence-electron chi connectivity index (χ2n) is 4.88. The molecule has 0 amide bonds. The smallest absolute Gasteiger partial charge is 0.159 e. The SMILES string of the molecule is C[C@@H]1[C@@H](C(=O)[C]2[CH][CH][CH][CH]2)N1Cc1ccccc1. The number of hydrogen-bond acceptors (Lipinski definition) is 2. The Morgan fingerprint density at radius 3 is 2.50 bits per heavy atom. The van der Waals surface area contributed by atoms with E-state index in [-0.39, 0.29) is 11.8 Å². The summed E-state index contributed by atoms with van der Waals surface area (Å²) in [5.74, 6) is 1.09. The van der Waals surface area contributed by atoms with Crippen LogP contribution in [0.25, 0.3) is 0 Å². The zero-order valence-corrected chi connectivity index (χ0v) is 10.4. The van der Waals surface area contributed by atoms with Gasteiger partial charge in [0.2, 0.25) is 0 Å². The summed E-state index contributed by atoms with van der Waals surface area (Å²) in [6.45, 7) is 2.98. The van der Waals surface area contributed by atoms with Crippen LogP contribution < -0.4 is 0 Å². The Balaban J connectivity index is 1.61. The minimum absolute atomic E-state index is 0.0626. The molecule has 0 spiro atoms. The summed E-state index contributed by atoms with van der Waals surface area (Å²) in [7, 11) is 0. The first kappa shape index (κ1) is 11.9. The summed E-state index contributed by atoms with van der Waals surface area (Å²) in [4.78, 5) is 14.5. The highest BCUT2D eigenvalue weighted by Gasteiger charge is 2.50. The van der Waals surface area contributed by atoms with E-state index in [9.17, 15) is 4.79 Å². The van der Waals surface area contributed by atoms with Crippen molar-refractivity contribution in [3.63, 3.8) is 0 Å². The molecule has 1 aromatic carbocycles. The highest BCUT2D eigenvalue weighted by molar-refractivity contribution is 6.03. The van der Waals surface area contributed by atoms with E-state index >= 15 is 0 Å². The molecule has 1 saturated heterocycles. The average Bonchev–Trinajstić information content (AvgIpc) is 2.85. The predicted octanol–water partition coefficient (Wildman–Crippen LogP) is 2.23. The number of nitrogens with zero attached hydrogens (tertiary/aromatic N) is 1. The molecule has 1 aromatic rings. The summed E-state index contributed by atoms with van der Waals surface area (Å²) in [5, 5.41) is 0. The van der Waals surface area contributed by atoms with Crippen LogP contribution in [0.4, 0.5) is 0 Å². The first-order valence-corrected chi connectivity index (χ1v) is 6.33. The molecule has 2 aliphatic rings. The van der Waals surface area contributed by atoms with Crippen LogP contribution in [0.3, 0.4) is 0 Å². The molecule has 1 saturated carbocycles. The molecule has 5 radical (unpaired) electrons. The zero-order chi connectivity index (χ0) is 12.5. The fourth-order valence-corrected chi connectivity index (χ4v) is 2.52. The minimum atomic E-state index is 0.0626. The molecule has 2 fully saturated rings. The van der Waals surface area contributed by atoms with Crippen LogP contribution in [-0.4, -0.2) is 22.8 Å². The van der Waals surface area contributed by atoms with E-state index in [0.29, 0.717) is 6.04 Å². The molecule has 18 heavy (non-hydrogen) atoms. The Labute approximate surface area is 109 Å². The van der Waals surface area contributed by atoms with Crippen molar-refractivity contribution in [2.24, 2.45) is 0 Å². The van der Waals surface area contributed by atoms with E-state index in [4.69, 9.17) is 0 Å². The van der Waals surface area contributed by atoms with Crippen LogP contribution in [0.1, 0.15) is 12.5 Å². The summed E-state index contributed by atoms with van der Waals surface area (Å²) in [6.07, 6.45) is 7.63. The van der Waals surface area contributed by atoms with Gasteiger partial charge in [-0.25, -0.2) is 0 Å². The summed E-state index contributed by atoms with van der Waals surface area (Å²) < 4.78 is 0. The van der Waals surface area contributed by atoms with Gasteiger partial charge in [0.1, 0.15) is 0 Å². The second-order valence-corrected chi connectivity index (χ2v) is 4.88. The first-order chi connectivity index (χ1) is 8.77. The van der Waals surface area contributed by atoms with Crippen molar-refractivity contribution in [2.75, 3.05) is 0 Å². The van der Waals surface area contributed by atoms with Crippen LogP contribution in [0.15, 0.2) is 30.3 Å². The minimum Gasteiger partial charge on any atom is -0.297 e. The molecule has 3 rings (SSSR count). The van der Waals surface area contributed by atoms with Gasteiger partial charge < -0.3 is 0 Å². The average molecular weight is 238 g/mol. The third kappa shape index (κ3) is 2.22. The molecule has 91 valence electrons. The van der Waals surface area contributed by atoms with E-state index < -0.39 is 0 Å². The Morgan fingerprint density at radius 2 is 1.83 bits per heavy atom. The van der Waals surface area contributed by atoms with Gasteiger partial charge in [-0.2, -0.15) is 0 Å². The number of rotatable bonds is 4. The standard InChI is InChI=1S/C16H16NO/c1-12-15(16(18)14-9-5-6-10-14)17(12)11-13-7-3-2-4-8-13/h2-10,12,15H,11H2,1H3/t12-,15+,17?/m1/s1. The molecular formula is C16H16NO. The topological polar surface area (TPSA) is 20.1 Å². The molecular weight excluding hydrogens is 222 g/mol.